The molecule has 2 aromatic rings. The van der Waals surface area contributed by atoms with E-state index in [1.165, 1.54) is 18.9 Å². The normalized spacial score (nSPS) is 15.0. The first-order valence-corrected chi connectivity index (χ1v) is 8.34. The topological polar surface area (TPSA) is 58.1 Å². The van der Waals surface area contributed by atoms with Gasteiger partial charge in [-0.2, -0.15) is 0 Å². The summed E-state index contributed by atoms with van der Waals surface area (Å²) in [7, 11) is 0. The number of hydrogen-bond donors (Lipinski definition) is 1. The number of rotatable bonds is 4. The smallest absolute Gasteiger partial charge is 0.274 e. The molecule has 1 aromatic carbocycles. The van der Waals surface area contributed by atoms with Crippen LogP contribution in [0.3, 0.4) is 0 Å². The molecule has 1 fully saturated rings. The lowest BCUT2D eigenvalue weighted by molar-refractivity contribution is 0.0754. The highest BCUT2D eigenvalue weighted by Crippen LogP contribution is 2.13. The largest absolute Gasteiger partial charge is 0.364 e. The fourth-order valence-corrected chi connectivity index (χ4v) is 2.80. The van der Waals surface area contributed by atoms with Crippen LogP contribution in [0.5, 0.6) is 0 Å². The molecule has 1 aliphatic rings. The van der Waals surface area contributed by atoms with E-state index in [9.17, 15) is 9.18 Å². The van der Waals surface area contributed by atoms with Crippen molar-refractivity contribution in [2.75, 3.05) is 18.4 Å². The maximum absolute atomic E-state index is 13.6. The molecule has 3 rings (SSSR count). The second-order valence-electron chi connectivity index (χ2n) is 5.96. The zero-order chi connectivity index (χ0) is 16.8. The molecule has 1 aromatic heterocycles. The Morgan fingerprint density at radius 3 is 2.46 bits per heavy atom. The van der Waals surface area contributed by atoms with Crippen LogP contribution in [0.25, 0.3) is 0 Å². The number of nitrogens with one attached hydrogen (secondary N) is 1. The molecular formula is C18H21FN4O. The second kappa shape index (κ2) is 7.86. The van der Waals surface area contributed by atoms with E-state index in [1.807, 2.05) is 4.90 Å². The molecule has 0 unspecified atom stereocenters. The van der Waals surface area contributed by atoms with Crippen molar-refractivity contribution < 1.29 is 9.18 Å². The molecule has 24 heavy (non-hydrogen) atoms. The van der Waals surface area contributed by atoms with Gasteiger partial charge in [0.2, 0.25) is 0 Å². The van der Waals surface area contributed by atoms with E-state index in [-0.39, 0.29) is 11.7 Å². The van der Waals surface area contributed by atoms with E-state index >= 15 is 0 Å². The van der Waals surface area contributed by atoms with Crippen LogP contribution >= 0.6 is 0 Å². The lowest BCUT2D eigenvalue weighted by Gasteiger charge is -2.19. The molecule has 2 heterocycles. The van der Waals surface area contributed by atoms with Crippen LogP contribution in [0.1, 0.15) is 41.7 Å². The van der Waals surface area contributed by atoms with Gasteiger partial charge in [-0.05, 0) is 31.0 Å². The number of likely N-dealkylation sites (tertiary alicyclic amines) is 1. The van der Waals surface area contributed by atoms with Crippen LogP contribution in [0.2, 0.25) is 0 Å². The second-order valence-corrected chi connectivity index (χ2v) is 5.96. The Labute approximate surface area is 140 Å². The summed E-state index contributed by atoms with van der Waals surface area (Å²) in [5.74, 6) is 0.196. The Hall–Kier alpha value is -2.50. The van der Waals surface area contributed by atoms with Crippen molar-refractivity contribution in [2.24, 2.45) is 0 Å². The zero-order valence-corrected chi connectivity index (χ0v) is 13.5. The molecule has 5 nitrogen and oxygen atoms in total. The minimum atomic E-state index is -0.258. The summed E-state index contributed by atoms with van der Waals surface area (Å²) < 4.78 is 13.6. The minimum absolute atomic E-state index is 0.0648. The molecule has 0 atom stereocenters. The number of amides is 1. The molecule has 1 N–H and O–H groups in total. The predicted octanol–water partition coefficient (Wildman–Crippen LogP) is 3.24. The first kappa shape index (κ1) is 16.4. The Balaban J connectivity index is 1.60. The summed E-state index contributed by atoms with van der Waals surface area (Å²) in [6.45, 7) is 1.89. The third-order valence-corrected chi connectivity index (χ3v) is 4.19. The van der Waals surface area contributed by atoms with Crippen molar-refractivity contribution in [1.29, 1.82) is 0 Å². The van der Waals surface area contributed by atoms with Crippen LogP contribution in [0, 0.1) is 5.82 Å². The maximum atomic E-state index is 13.6. The third-order valence-electron chi connectivity index (χ3n) is 4.19. The van der Waals surface area contributed by atoms with E-state index in [2.05, 4.69) is 15.5 Å². The molecule has 1 amide bonds. The van der Waals surface area contributed by atoms with Gasteiger partial charge in [-0.15, -0.1) is 10.2 Å². The monoisotopic (exact) mass is 328 g/mol. The highest BCUT2D eigenvalue weighted by Gasteiger charge is 2.18. The Morgan fingerprint density at radius 2 is 1.79 bits per heavy atom. The lowest BCUT2D eigenvalue weighted by Crippen LogP contribution is -2.32. The van der Waals surface area contributed by atoms with Gasteiger partial charge in [0, 0.05) is 25.2 Å². The predicted molar refractivity (Wildman–Crippen MR) is 90.1 cm³/mol. The summed E-state index contributed by atoms with van der Waals surface area (Å²) in [6.07, 6.45) is 4.44. The lowest BCUT2D eigenvalue weighted by atomic mass is 10.2. The zero-order valence-electron chi connectivity index (χ0n) is 13.5. The Bertz CT molecular complexity index is 682. The van der Waals surface area contributed by atoms with E-state index in [0.29, 0.717) is 23.6 Å². The van der Waals surface area contributed by atoms with Crippen LogP contribution in [-0.4, -0.2) is 34.1 Å². The van der Waals surface area contributed by atoms with Crippen LogP contribution in [0.4, 0.5) is 10.2 Å². The van der Waals surface area contributed by atoms with E-state index in [1.54, 1.807) is 30.3 Å². The van der Waals surface area contributed by atoms with Gasteiger partial charge in [0.25, 0.3) is 5.91 Å². The fourth-order valence-electron chi connectivity index (χ4n) is 2.80. The number of carbonyl (C=O) groups is 1. The summed E-state index contributed by atoms with van der Waals surface area (Å²) in [5.41, 5.74) is 0.914. The molecule has 0 radical (unpaired) electrons. The van der Waals surface area contributed by atoms with Gasteiger partial charge in [0.1, 0.15) is 11.6 Å². The summed E-state index contributed by atoms with van der Waals surface area (Å²) in [6, 6.07) is 9.96. The molecule has 0 spiro atoms. The number of carbonyl (C=O) groups excluding carboxylic acids is 1. The first-order valence-electron chi connectivity index (χ1n) is 8.34. The van der Waals surface area contributed by atoms with Crippen molar-refractivity contribution in [3.63, 3.8) is 0 Å². The number of nitrogens with zero attached hydrogens (tertiary/aromatic N) is 3. The van der Waals surface area contributed by atoms with Gasteiger partial charge >= 0.3 is 0 Å². The van der Waals surface area contributed by atoms with E-state index in [4.69, 9.17) is 0 Å². The number of benzene rings is 1. The Morgan fingerprint density at radius 1 is 1.04 bits per heavy atom. The molecule has 0 aliphatic carbocycles. The standard InChI is InChI=1S/C18H21FN4O/c19-15-8-4-3-7-14(15)13-20-17-10-9-16(21-22-17)18(24)23-11-5-1-2-6-12-23/h3-4,7-10H,1-2,5-6,11-13H2,(H,20,22). The van der Waals surface area contributed by atoms with Gasteiger partial charge in [-0.25, -0.2) is 4.39 Å². The van der Waals surface area contributed by atoms with Crippen LogP contribution in [0.15, 0.2) is 36.4 Å². The third kappa shape index (κ3) is 4.07. The van der Waals surface area contributed by atoms with E-state index in [0.717, 1.165) is 25.9 Å². The van der Waals surface area contributed by atoms with Gasteiger partial charge in [-0.1, -0.05) is 31.0 Å². The number of anilines is 1. The molecule has 1 saturated heterocycles. The van der Waals surface area contributed by atoms with Gasteiger partial charge < -0.3 is 10.2 Å². The molecule has 126 valence electrons. The number of halogens is 1. The van der Waals surface area contributed by atoms with Gasteiger partial charge in [0.15, 0.2) is 5.69 Å². The van der Waals surface area contributed by atoms with Crippen molar-refractivity contribution in [2.45, 2.75) is 32.2 Å². The minimum Gasteiger partial charge on any atom is -0.364 e. The van der Waals surface area contributed by atoms with Crippen molar-refractivity contribution >= 4 is 11.7 Å². The first-order chi connectivity index (χ1) is 11.7. The average Bonchev–Trinajstić information content (AvgIpc) is 2.90. The fraction of sp³-hybridized carbons (Fsp3) is 0.389. The van der Waals surface area contributed by atoms with Crippen LogP contribution in [-0.2, 0) is 6.54 Å². The summed E-state index contributed by atoms with van der Waals surface area (Å²) in [4.78, 5) is 14.3. The number of hydrogen-bond acceptors (Lipinski definition) is 4. The molecule has 0 bridgehead atoms. The van der Waals surface area contributed by atoms with Crippen molar-refractivity contribution in [3.8, 4) is 0 Å². The summed E-state index contributed by atoms with van der Waals surface area (Å²) in [5, 5.41) is 11.1. The molecular weight excluding hydrogens is 307 g/mol. The molecule has 6 heteroatoms. The SMILES string of the molecule is O=C(c1ccc(NCc2ccccc2F)nn1)N1CCCCCC1. The van der Waals surface area contributed by atoms with Gasteiger partial charge in [-0.3, -0.25) is 4.79 Å². The maximum Gasteiger partial charge on any atom is 0.274 e. The van der Waals surface area contributed by atoms with Crippen molar-refractivity contribution in [3.05, 3.63) is 53.5 Å². The molecule has 0 saturated carbocycles. The quantitative estimate of drug-likeness (QED) is 0.936. The van der Waals surface area contributed by atoms with Crippen LogP contribution < -0.4 is 5.32 Å². The van der Waals surface area contributed by atoms with E-state index < -0.39 is 0 Å². The highest BCUT2D eigenvalue weighted by atomic mass is 19.1. The van der Waals surface area contributed by atoms with Gasteiger partial charge in [0.05, 0.1) is 0 Å². The highest BCUT2D eigenvalue weighted by molar-refractivity contribution is 5.92. The number of aromatic nitrogens is 2. The Kier molecular flexibility index (Phi) is 5.36. The average molecular weight is 328 g/mol. The summed E-state index contributed by atoms with van der Waals surface area (Å²) >= 11 is 0. The molecule has 1 aliphatic heterocycles. The van der Waals surface area contributed by atoms with Crippen molar-refractivity contribution in [1.82, 2.24) is 15.1 Å².